The van der Waals surface area contributed by atoms with Crippen LogP contribution in [-0.4, -0.2) is 28.4 Å². The zero-order valence-corrected chi connectivity index (χ0v) is 16.4. The third-order valence-electron chi connectivity index (χ3n) is 5.09. The molecular weight excluding hydrogens is 308 g/mol. The van der Waals surface area contributed by atoms with Crippen LogP contribution < -0.4 is 0 Å². The van der Waals surface area contributed by atoms with Crippen LogP contribution in [0.2, 0.25) is 0 Å². The van der Waals surface area contributed by atoms with Crippen molar-refractivity contribution in [3.63, 3.8) is 0 Å². The first kappa shape index (κ1) is 17.8. The number of allylic oxidation sites excluding steroid dienone is 2. The lowest BCUT2D eigenvalue weighted by atomic mass is 10.0. The highest BCUT2D eigenvalue weighted by atomic mass is 15.3. The monoisotopic (exact) mass is 338 g/mol. The minimum Gasteiger partial charge on any atom is -0.270 e. The van der Waals surface area contributed by atoms with Crippen molar-refractivity contribution in [2.75, 3.05) is 7.05 Å². The molecule has 1 aliphatic heterocycles. The molecule has 2 fully saturated rings. The Morgan fingerprint density at radius 2 is 1.76 bits per heavy atom. The Bertz CT molecular complexity index is 781. The van der Waals surface area contributed by atoms with Crippen molar-refractivity contribution < 1.29 is 0 Å². The van der Waals surface area contributed by atoms with E-state index in [-0.39, 0.29) is 0 Å². The van der Waals surface area contributed by atoms with Crippen LogP contribution in [0.4, 0.5) is 0 Å². The average molecular weight is 338 g/mol. The third kappa shape index (κ3) is 3.26. The van der Waals surface area contributed by atoms with Crippen molar-refractivity contribution in [3.05, 3.63) is 34.7 Å². The summed E-state index contributed by atoms with van der Waals surface area (Å²) in [4.78, 5) is 9.24. The summed E-state index contributed by atoms with van der Waals surface area (Å²) in [5.74, 6) is 2.15. The summed E-state index contributed by atoms with van der Waals surface area (Å²) < 4.78 is 2.13. The highest BCUT2D eigenvalue weighted by Gasteiger charge is 2.36. The van der Waals surface area contributed by atoms with E-state index in [0.717, 1.165) is 23.0 Å². The summed E-state index contributed by atoms with van der Waals surface area (Å²) in [5.41, 5.74) is 7.34. The quantitative estimate of drug-likeness (QED) is 0.757. The van der Waals surface area contributed by atoms with Crippen LogP contribution in [0.15, 0.2) is 27.7 Å². The molecule has 2 aliphatic carbocycles. The minimum atomic E-state index is 0.574. The summed E-state index contributed by atoms with van der Waals surface area (Å²) in [6, 6.07) is 0. The number of hydrogen-bond acceptors (Lipinski definition) is 2. The molecule has 0 spiro atoms. The smallest absolute Gasteiger partial charge is 0.154 e. The van der Waals surface area contributed by atoms with Gasteiger partial charge in [-0.2, -0.15) is 5.10 Å². The third-order valence-corrected chi connectivity index (χ3v) is 5.09. The van der Waals surface area contributed by atoms with Crippen LogP contribution in [0, 0.1) is 19.8 Å². The number of aryl methyl sites for hydroxylation is 1. The highest BCUT2D eigenvalue weighted by Crippen LogP contribution is 2.44. The van der Waals surface area contributed by atoms with Crippen molar-refractivity contribution in [2.24, 2.45) is 15.9 Å². The van der Waals surface area contributed by atoms with Crippen LogP contribution in [0.25, 0.3) is 5.70 Å². The van der Waals surface area contributed by atoms with Gasteiger partial charge in [-0.3, -0.25) is 4.99 Å². The topological polar surface area (TPSA) is 42.5 Å². The first-order valence-electron chi connectivity index (χ1n) is 9.64. The van der Waals surface area contributed by atoms with Gasteiger partial charge in [0.05, 0.1) is 17.1 Å². The Kier molecular flexibility index (Phi) is 5.07. The lowest BCUT2D eigenvalue weighted by Crippen LogP contribution is -2.20. The van der Waals surface area contributed by atoms with Gasteiger partial charge in [-0.15, -0.1) is 0 Å². The summed E-state index contributed by atoms with van der Waals surface area (Å²) in [5, 5.41) is 4.88. The van der Waals surface area contributed by atoms with E-state index in [4.69, 9.17) is 10.1 Å². The number of aromatic nitrogens is 2. The van der Waals surface area contributed by atoms with Gasteiger partial charge in [0, 0.05) is 24.2 Å². The lowest BCUT2D eigenvalue weighted by Gasteiger charge is -2.19. The Labute approximate surface area is 151 Å². The number of amidine groups is 1. The van der Waals surface area contributed by atoms with Gasteiger partial charge >= 0.3 is 0 Å². The summed E-state index contributed by atoms with van der Waals surface area (Å²) in [6.07, 6.45) is 9.38. The Morgan fingerprint density at radius 1 is 1.12 bits per heavy atom. The van der Waals surface area contributed by atoms with Gasteiger partial charge in [0.2, 0.25) is 0 Å². The van der Waals surface area contributed by atoms with Crippen molar-refractivity contribution in [3.8, 4) is 0 Å². The number of dihydropyridines is 1. The maximum atomic E-state index is 4.88. The van der Waals surface area contributed by atoms with E-state index < -0.39 is 0 Å². The molecule has 0 unspecified atom stereocenters. The molecular formula is C21H30N4. The molecule has 0 bridgehead atoms. The van der Waals surface area contributed by atoms with Crippen LogP contribution in [-0.2, 0) is 0 Å². The molecule has 0 atom stereocenters. The molecule has 3 aliphatic rings. The molecule has 1 aromatic heterocycles. The first-order valence-corrected chi connectivity index (χ1v) is 9.64. The van der Waals surface area contributed by atoms with E-state index in [0.29, 0.717) is 5.92 Å². The summed E-state index contributed by atoms with van der Waals surface area (Å²) in [7, 11) is 1.82. The number of aliphatic imine (C=N–C) groups is 2. The average Bonchev–Trinajstić information content (AvgIpc) is 3.54. The molecule has 25 heavy (non-hydrogen) atoms. The Morgan fingerprint density at radius 3 is 2.28 bits per heavy atom. The van der Waals surface area contributed by atoms with Crippen molar-refractivity contribution in [2.45, 2.75) is 66.2 Å². The molecule has 4 heteroatoms. The predicted molar refractivity (Wildman–Crippen MR) is 107 cm³/mol. The largest absolute Gasteiger partial charge is 0.270 e. The fraction of sp³-hybridized carbons (Fsp3) is 0.571. The summed E-state index contributed by atoms with van der Waals surface area (Å²) in [6.45, 7) is 10.4. The molecule has 0 aromatic carbocycles. The van der Waals surface area contributed by atoms with E-state index in [1.165, 1.54) is 48.3 Å². The SMILES string of the molecule is C/C=C1/C=C(n2nc(C)c(C3CC3)c2C)C(C2CC2)=NC1=NC.CC. The van der Waals surface area contributed by atoms with Gasteiger partial charge in [-0.25, -0.2) is 9.67 Å². The van der Waals surface area contributed by atoms with E-state index in [1.54, 1.807) is 0 Å². The van der Waals surface area contributed by atoms with Crippen LogP contribution in [0.5, 0.6) is 0 Å². The van der Waals surface area contributed by atoms with Crippen molar-refractivity contribution in [1.29, 1.82) is 0 Å². The standard InChI is InChI=1S/C19H24N4.C2H6/c1-5-13-10-16(18(15-8-9-15)21-19(13)20-4)23-12(3)17(11(2)22-23)14-6-7-14;1-2/h5,10,14-15H,6-9H2,1-4H3;1-2H3/b13-5-,20-19?;. The Hall–Kier alpha value is -1.97. The fourth-order valence-corrected chi connectivity index (χ4v) is 3.59. The molecule has 0 N–H and O–H groups in total. The number of rotatable bonds is 3. The van der Waals surface area contributed by atoms with Gasteiger partial charge in [-0.1, -0.05) is 19.9 Å². The predicted octanol–water partition coefficient (Wildman–Crippen LogP) is 5.08. The van der Waals surface area contributed by atoms with Crippen molar-refractivity contribution in [1.82, 2.24) is 9.78 Å². The molecule has 134 valence electrons. The first-order chi connectivity index (χ1) is 12.1. The van der Waals surface area contributed by atoms with E-state index in [9.17, 15) is 0 Å². The maximum absolute atomic E-state index is 4.88. The molecule has 0 radical (unpaired) electrons. The van der Waals surface area contributed by atoms with Gasteiger partial charge in [0.1, 0.15) is 0 Å². The van der Waals surface area contributed by atoms with Gasteiger partial charge in [0.15, 0.2) is 5.84 Å². The van der Waals surface area contributed by atoms with Crippen molar-refractivity contribution >= 4 is 17.2 Å². The highest BCUT2D eigenvalue weighted by molar-refractivity contribution is 6.29. The van der Waals surface area contributed by atoms with Gasteiger partial charge in [-0.05, 0) is 64.0 Å². The van der Waals surface area contributed by atoms with E-state index in [2.05, 4.69) is 35.7 Å². The number of nitrogens with zero attached hydrogens (tertiary/aromatic N) is 4. The molecule has 2 saturated carbocycles. The second kappa shape index (κ2) is 7.11. The Balaban J connectivity index is 0.000000880. The minimum absolute atomic E-state index is 0.574. The zero-order valence-electron chi connectivity index (χ0n) is 16.4. The molecule has 4 nitrogen and oxygen atoms in total. The fourth-order valence-electron chi connectivity index (χ4n) is 3.59. The second-order valence-electron chi connectivity index (χ2n) is 6.86. The van der Waals surface area contributed by atoms with E-state index in [1.807, 2.05) is 27.8 Å². The maximum Gasteiger partial charge on any atom is 0.154 e. The normalized spacial score (nSPS) is 23.3. The zero-order chi connectivity index (χ0) is 18.1. The lowest BCUT2D eigenvalue weighted by molar-refractivity contribution is 0.858. The molecule has 0 amide bonds. The van der Waals surface area contributed by atoms with Gasteiger partial charge in [0.25, 0.3) is 0 Å². The molecule has 0 saturated heterocycles. The summed E-state index contributed by atoms with van der Waals surface area (Å²) >= 11 is 0. The molecule has 4 rings (SSSR count). The number of hydrogen-bond donors (Lipinski definition) is 0. The van der Waals surface area contributed by atoms with Crippen LogP contribution >= 0.6 is 0 Å². The van der Waals surface area contributed by atoms with E-state index >= 15 is 0 Å². The van der Waals surface area contributed by atoms with Crippen LogP contribution in [0.3, 0.4) is 0 Å². The van der Waals surface area contributed by atoms with Crippen LogP contribution in [0.1, 0.15) is 69.3 Å². The van der Waals surface area contributed by atoms with Gasteiger partial charge < -0.3 is 0 Å². The molecule has 2 heterocycles. The molecule has 1 aromatic rings. The second-order valence-corrected chi connectivity index (χ2v) is 6.86.